The van der Waals surface area contributed by atoms with Gasteiger partial charge in [-0.3, -0.25) is 4.79 Å². The van der Waals surface area contributed by atoms with Gasteiger partial charge in [-0.05, 0) is 24.3 Å². The Kier molecular flexibility index (Phi) is 7.36. The molecule has 72 valence electrons. The van der Waals surface area contributed by atoms with E-state index >= 15 is 0 Å². The minimum absolute atomic E-state index is 0.170. The van der Waals surface area contributed by atoms with Crippen LogP contribution in [0, 0.1) is 5.92 Å². The molecule has 0 fully saturated rings. The van der Waals surface area contributed by atoms with Gasteiger partial charge in [0, 0.05) is 0 Å². The highest BCUT2D eigenvalue weighted by molar-refractivity contribution is 7.99. The fourth-order valence-corrected chi connectivity index (χ4v) is 1.62. The Balaban J connectivity index is 3.14. The van der Waals surface area contributed by atoms with E-state index in [9.17, 15) is 4.79 Å². The molecule has 0 radical (unpaired) electrons. The number of carbonyl (C=O) groups is 1. The second-order valence-electron chi connectivity index (χ2n) is 2.93. The van der Waals surface area contributed by atoms with Gasteiger partial charge in [0.05, 0.1) is 5.92 Å². The normalized spacial score (nSPS) is 12.8. The largest absolute Gasteiger partial charge is 0.481 e. The molecule has 0 aliphatic rings. The van der Waals surface area contributed by atoms with E-state index < -0.39 is 5.97 Å². The van der Waals surface area contributed by atoms with E-state index in [4.69, 9.17) is 5.11 Å². The highest BCUT2D eigenvalue weighted by atomic mass is 32.2. The first-order valence-electron chi connectivity index (χ1n) is 4.49. The summed E-state index contributed by atoms with van der Waals surface area (Å²) in [5.74, 6) is 1.49. The molecule has 12 heavy (non-hydrogen) atoms. The van der Waals surface area contributed by atoms with Crippen molar-refractivity contribution >= 4 is 17.7 Å². The number of thioether (sulfide) groups is 1. The third kappa shape index (κ3) is 6.53. The third-order valence-electron chi connectivity index (χ3n) is 1.80. The van der Waals surface area contributed by atoms with Crippen molar-refractivity contribution in [2.75, 3.05) is 11.5 Å². The lowest BCUT2D eigenvalue weighted by Crippen LogP contribution is -2.08. The molecule has 0 saturated carbocycles. The van der Waals surface area contributed by atoms with Crippen LogP contribution in [-0.4, -0.2) is 22.6 Å². The molecule has 0 rings (SSSR count). The van der Waals surface area contributed by atoms with E-state index in [1.807, 2.05) is 11.8 Å². The van der Waals surface area contributed by atoms with Gasteiger partial charge in [0.15, 0.2) is 0 Å². The maximum absolute atomic E-state index is 10.4. The van der Waals surface area contributed by atoms with E-state index in [0.29, 0.717) is 0 Å². The summed E-state index contributed by atoms with van der Waals surface area (Å²) >= 11 is 1.92. The number of carboxylic acid groups (broad SMARTS) is 1. The summed E-state index contributed by atoms with van der Waals surface area (Å²) < 4.78 is 0. The van der Waals surface area contributed by atoms with E-state index in [-0.39, 0.29) is 5.92 Å². The van der Waals surface area contributed by atoms with Gasteiger partial charge in [-0.1, -0.05) is 20.3 Å². The maximum atomic E-state index is 10.4. The molecule has 0 saturated heterocycles. The highest BCUT2D eigenvalue weighted by Gasteiger charge is 2.08. The van der Waals surface area contributed by atoms with Crippen LogP contribution in [0.3, 0.4) is 0 Å². The van der Waals surface area contributed by atoms with Gasteiger partial charge in [0.25, 0.3) is 0 Å². The molecule has 3 heteroatoms. The van der Waals surface area contributed by atoms with Crippen LogP contribution in [0.1, 0.15) is 33.1 Å². The van der Waals surface area contributed by atoms with Crippen molar-refractivity contribution in [3.63, 3.8) is 0 Å². The van der Waals surface area contributed by atoms with Crippen LogP contribution in [0.4, 0.5) is 0 Å². The van der Waals surface area contributed by atoms with Crippen molar-refractivity contribution in [3.05, 3.63) is 0 Å². The predicted molar refractivity (Wildman–Crippen MR) is 53.6 cm³/mol. The van der Waals surface area contributed by atoms with E-state index in [1.54, 1.807) is 6.92 Å². The topological polar surface area (TPSA) is 37.3 Å². The highest BCUT2D eigenvalue weighted by Crippen LogP contribution is 2.10. The minimum Gasteiger partial charge on any atom is -0.481 e. The molecule has 1 N–H and O–H groups in total. The van der Waals surface area contributed by atoms with Gasteiger partial charge in [-0.15, -0.1) is 0 Å². The van der Waals surface area contributed by atoms with Gasteiger partial charge < -0.3 is 5.11 Å². The Morgan fingerprint density at radius 2 is 2.17 bits per heavy atom. The standard InChI is InChI=1S/C9H18O2S/c1-3-12-7-5-4-6-8(2)9(10)11/h8H,3-7H2,1-2H3,(H,10,11). The molecule has 0 heterocycles. The molecule has 0 aliphatic heterocycles. The number of unbranched alkanes of at least 4 members (excludes halogenated alkanes) is 1. The summed E-state index contributed by atoms with van der Waals surface area (Å²) in [6.07, 6.45) is 3.01. The van der Waals surface area contributed by atoms with Crippen molar-refractivity contribution in [2.24, 2.45) is 5.92 Å². The van der Waals surface area contributed by atoms with E-state index in [2.05, 4.69) is 6.92 Å². The number of rotatable bonds is 7. The fraction of sp³-hybridized carbons (Fsp3) is 0.889. The molecule has 0 aromatic carbocycles. The van der Waals surface area contributed by atoms with Crippen molar-refractivity contribution in [2.45, 2.75) is 33.1 Å². The summed E-state index contributed by atoms with van der Waals surface area (Å²) in [4.78, 5) is 10.4. The second-order valence-corrected chi connectivity index (χ2v) is 4.33. The lowest BCUT2D eigenvalue weighted by molar-refractivity contribution is -0.141. The van der Waals surface area contributed by atoms with Crippen LogP contribution in [0.15, 0.2) is 0 Å². The zero-order valence-corrected chi connectivity index (χ0v) is 8.69. The Bertz CT molecular complexity index is 126. The first kappa shape index (κ1) is 11.8. The van der Waals surface area contributed by atoms with Crippen molar-refractivity contribution in [3.8, 4) is 0 Å². The van der Waals surface area contributed by atoms with Gasteiger partial charge in [-0.25, -0.2) is 0 Å². The fourth-order valence-electron chi connectivity index (χ4n) is 0.922. The van der Waals surface area contributed by atoms with Crippen LogP contribution in [-0.2, 0) is 4.79 Å². The first-order valence-corrected chi connectivity index (χ1v) is 5.64. The second kappa shape index (κ2) is 7.47. The summed E-state index contributed by atoms with van der Waals surface area (Å²) in [5, 5.41) is 8.58. The van der Waals surface area contributed by atoms with E-state index in [1.165, 1.54) is 5.75 Å². The van der Waals surface area contributed by atoms with Crippen LogP contribution in [0.5, 0.6) is 0 Å². The van der Waals surface area contributed by atoms with Crippen molar-refractivity contribution in [1.29, 1.82) is 0 Å². The first-order chi connectivity index (χ1) is 5.68. The molecule has 2 nitrogen and oxygen atoms in total. The molecule has 0 bridgehead atoms. The van der Waals surface area contributed by atoms with Gasteiger partial charge in [0.2, 0.25) is 0 Å². The van der Waals surface area contributed by atoms with Gasteiger partial charge in [-0.2, -0.15) is 11.8 Å². The van der Waals surface area contributed by atoms with Crippen LogP contribution in [0.2, 0.25) is 0 Å². The molecule has 0 aliphatic carbocycles. The minimum atomic E-state index is -0.668. The number of carboxylic acids is 1. The molecule has 1 unspecified atom stereocenters. The lowest BCUT2D eigenvalue weighted by Gasteiger charge is -2.04. The number of hydrogen-bond donors (Lipinski definition) is 1. The number of hydrogen-bond acceptors (Lipinski definition) is 2. The number of aliphatic carboxylic acids is 1. The molecule has 0 aromatic heterocycles. The molecule has 0 aromatic rings. The maximum Gasteiger partial charge on any atom is 0.306 e. The van der Waals surface area contributed by atoms with Crippen LogP contribution < -0.4 is 0 Å². The summed E-state index contributed by atoms with van der Waals surface area (Å²) in [6, 6.07) is 0. The zero-order chi connectivity index (χ0) is 9.40. The van der Waals surface area contributed by atoms with Crippen LogP contribution >= 0.6 is 11.8 Å². The summed E-state index contributed by atoms with van der Waals surface area (Å²) in [7, 11) is 0. The van der Waals surface area contributed by atoms with Crippen molar-refractivity contribution in [1.82, 2.24) is 0 Å². The molecule has 0 spiro atoms. The Morgan fingerprint density at radius 1 is 1.50 bits per heavy atom. The molecule has 0 amide bonds. The monoisotopic (exact) mass is 190 g/mol. The lowest BCUT2D eigenvalue weighted by atomic mass is 10.1. The molecular weight excluding hydrogens is 172 g/mol. The molecular formula is C9H18O2S. The summed E-state index contributed by atoms with van der Waals surface area (Å²) in [6.45, 7) is 3.92. The Labute approximate surface area is 78.7 Å². The zero-order valence-electron chi connectivity index (χ0n) is 7.88. The van der Waals surface area contributed by atoms with E-state index in [0.717, 1.165) is 25.0 Å². The van der Waals surface area contributed by atoms with Gasteiger partial charge in [0.1, 0.15) is 0 Å². The van der Waals surface area contributed by atoms with Crippen molar-refractivity contribution < 1.29 is 9.90 Å². The average molecular weight is 190 g/mol. The van der Waals surface area contributed by atoms with Crippen LogP contribution in [0.25, 0.3) is 0 Å². The SMILES string of the molecule is CCSCCCCC(C)C(=O)O. The predicted octanol–water partition coefficient (Wildman–Crippen LogP) is 2.63. The smallest absolute Gasteiger partial charge is 0.306 e. The molecule has 1 atom stereocenters. The Hall–Kier alpha value is -0.180. The average Bonchev–Trinajstić information content (AvgIpc) is 2.03. The Morgan fingerprint density at radius 3 is 2.67 bits per heavy atom. The quantitative estimate of drug-likeness (QED) is 0.627. The van der Waals surface area contributed by atoms with Gasteiger partial charge >= 0.3 is 5.97 Å². The summed E-state index contributed by atoms with van der Waals surface area (Å²) in [5.41, 5.74) is 0. The third-order valence-corrected chi connectivity index (χ3v) is 2.79.